The number of hydrogen-bond acceptors (Lipinski definition) is 4. The van der Waals surface area contributed by atoms with Crippen LogP contribution in [0.2, 0.25) is 0 Å². The number of phenolic OH excluding ortho intramolecular Hbond substituents is 1. The highest BCUT2D eigenvalue weighted by atomic mass is 16.5. The summed E-state index contributed by atoms with van der Waals surface area (Å²) in [7, 11) is 2.71. The topological polar surface area (TPSA) is 87.1 Å². The van der Waals surface area contributed by atoms with Crippen molar-refractivity contribution in [2.45, 2.75) is 0 Å². The molecule has 6 nitrogen and oxygen atoms in total. The largest absolute Gasteiger partial charge is 0.504 e. The van der Waals surface area contributed by atoms with Crippen LogP contribution in [0.1, 0.15) is 10.4 Å². The van der Waals surface area contributed by atoms with Crippen molar-refractivity contribution in [3.63, 3.8) is 0 Å². The van der Waals surface area contributed by atoms with Crippen molar-refractivity contribution in [1.29, 1.82) is 0 Å². The highest BCUT2D eigenvalue weighted by molar-refractivity contribution is 5.98. The summed E-state index contributed by atoms with van der Waals surface area (Å²) in [6.45, 7) is -0.435. The molecule has 0 aliphatic heterocycles. The van der Waals surface area contributed by atoms with Gasteiger partial charge in [0.1, 0.15) is 6.54 Å². The molecule has 17 heavy (non-hydrogen) atoms. The summed E-state index contributed by atoms with van der Waals surface area (Å²) >= 11 is 0. The van der Waals surface area contributed by atoms with Crippen molar-refractivity contribution in [1.82, 2.24) is 4.90 Å². The number of nitrogens with zero attached hydrogens (tertiary/aromatic N) is 1. The first kappa shape index (κ1) is 12.8. The van der Waals surface area contributed by atoms with Crippen LogP contribution in [0.4, 0.5) is 0 Å². The van der Waals surface area contributed by atoms with Crippen LogP contribution in [0.3, 0.4) is 0 Å². The fourth-order valence-electron chi connectivity index (χ4n) is 1.34. The summed E-state index contributed by atoms with van der Waals surface area (Å²) in [5.41, 5.74) is 0.00750. The van der Waals surface area contributed by atoms with Gasteiger partial charge in [-0.15, -0.1) is 0 Å². The molecule has 0 heterocycles. The van der Waals surface area contributed by atoms with Crippen molar-refractivity contribution < 1.29 is 24.5 Å². The average Bonchev–Trinajstić information content (AvgIpc) is 2.27. The van der Waals surface area contributed by atoms with Gasteiger partial charge < -0.3 is 19.8 Å². The zero-order valence-electron chi connectivity index (χ0n) is 9.51. The second kappa shape index (κ2) is 5.20. The summed E-state index contributed by atoms with van der Waals surface area (Å²) in [6, 6.07) is 4.45. The molecule has 0 saturated heterocycles. The second-order valence-corrected chi connectivity index (χ2v) is 3.41. The van der Waals surface area contributed by atoms with Crippen molar-refractivity contribution in [2.75, 3.05) is 20.7 Å². The summed E-state index contributed by atoms with van der Waals surface area (Å²) in [5, 5.41) is 18.3. The van der Waals surface area contributed by atoms with Crippen LogP contribution in [0, 0.1) is 0 Å². The monoisotopic (exact) mass is 239 g/mol. The van der Waals surface area contributed by atoms with Crippen molar-refractivity contribution >= 4 is 11.9 Å². The Morgan fingerprint density at radius 2 is 2.06 bits per heavy atom. The number of carboxylic acid groups (broad SMARTS) is 1. The first-order valence-electron chi connectivity index (χ1n) is 4.80. The minimum Gasteiger partial charge on any atom is -0.504 e. The van der Waals surface area contributed by atoms with E-state index in [9.17, 15) is 14.7 Å². The van der Waals surface area contributed by atoms with E-state index in [1.54, 1.807) is 6.07 Å². The maximum absolute atomic E-state index is 11.8. The van der Waals surface area contributed by atoms with Gasteiger partial charge in [0.05, 0.1) is 12.7 Å². The molecule has 0 bridgehead atoms. The number of amides is 1. The van der Waals surface area contributed by atoms with E-state index >= 15 is 0 Å². The fraction of sp³-hybridized carbons (Fsp3) is 0.273. The van der Waals surface area contributed by atoms with Gasteiger partial charge in [0, 0.05) is 7.05 Å². The number of carboxylic acids is 1. The Morgan fingerprint density at radius 3 is 2.59 bits per heavy atom. The Bertz CT molecular complexity index is 443. The molecule has 0 radical (unpaired) electrons. The molecule has 1 aromatic rings. The van der Waals surface area contributed by atoms with E-state index in [4.69, 9.17) is 9.84 Å². The van der Waals surface area contributed by atoms with E-state index in [0.29, 0.717) is 0 Å². The average molecular weight is 239 g/mol. The Kier molecular flexibility index (Phi) is 3.92. The number of likely N-dealkylation sites (N-methyl/N-ethyl adjacent to an activating group) is 1. The number of phenols is 1. The third kappa shape index (κ3) is 2.87. The SMILES string of the molecule is COc1cccc(C(=O)N(C)CC(=O)O)c1O. The molecule has 2 N–H and O–H groups in total. The third-order valence-electron chi connectivity index (χ3n) is 2.17. The van der Waals surface area contributed by atoms with E-state index in [2.05, 4.69) is 0 Å². The Hall–Kier alpha value is -2.24. The van der Waals surface area contributed by atoms with E-state index in [1.165, 1.54) is 26.3 Å². The van der Waals surface area contributed by atoms with Crippen LogP contribution in [-0.2, 0) is 4.79 Å². The van der Waals surface area contributed by atoms with Gasteiger partial charge in [-0.2, -0.15) is 0 Å². The predicted octanol–water partition coefficient (Wildman–Crippen LogP) is 0.557. The molecule has 0 atom stereocenters. The molecular formula is C11H13NO5. The normalized spacial score (nSPS) is 9.76. The maximum Gasteiger partial charge on any atom is 0.323 e. The number of methoxy groups -OCH3 is 1. The van der Waals surface area contributed by atoms with Gasteiger partial charge >= 0.3 is 5.97 Å². The van der Waals surface area contributed by atoms with E-state index < -0.39 is 18.4 Å². The first-order valence-corrected chi connectivity index (χ1v) is 4.80. The number of hydrogen-bond donors (Lipinski definition) is 2. The molecule has 0 aliphatic carbocycles. The standard InChI is InChI=1S/C11H13NO5/c1-12(6-9(13)14)11(16)7-4-3-5-8(17-2)10(7)15/h3-5,15H,6H2,1-2H3,(H,13,14). The summed E-state index contributed by atoms with van der Waals surface area (Å²) < 4.78 is 4.86. The van der Waals surface area contributed by atoms with Crippen LogP contribution in [-0.4, -0.2) is 47.7 Å². The first-order chi connectivity index (χ1) is 7.97. The number of carbonyl (C=O) groups excluding carboxylic acids is 1. The second-order valence-electron chi connectivity index (χ2n) is 3.41. The molecule has 0 fully saturated rings. The lowest BCUT2D eigenvalue weighted by molar-refractivity contribution is -0.137. The molecule has 0 spiro atoms. The lowest BCUT2D eigenvalue weighted by atomic mass is 10.1. The smallest absolute Gasteiger partial charge is 0.323 e. The number of rotatable bonds is 4. The van der Waals surface area contributed by atoms with Crippen molar-refractivity contribution in [2.24, 2.45) is 0 Å². The molecule has 6 heteroatoms. The minimum atomic E-state index is -1.12. The molecule has 0 aromatic heterocycles. The molecule has 0 unspecified atom stereocenters. The van der Waals surface area contributed by atoms with Gasteiger partial charge in [0.15, 0.2) is 11.5 Å². The Balaban J connectivity index is 3.00. The number of ether oxygens (including phenoxy) is 1. The van der Waals surface area contributed by atoms with Crippen LogP contribution >= 0.6 is 0 Å². The zero-order chi connectivity index (χ0) is 13.0. The molecule has 1 aromatic carbocycles. The summed E-state index contributed by atoms with van der Waals surface area (Å²) in [4.78, 5) is 23.3. The van der Waals surface area contributed by atoms with Gasteiger partial charge in [-0.25, -0.2) is 0 Å². The Morgan fingerprint density at radius 1 is 1.41 bits per heavy atom. The number of aromatic hydroxyl groups is 1. The minimum absolute atomic E-state index is 0.00750. The number of benzene rings is 1. The molecular weight excluding hydrogens is 226 g/mol. The van der Waals surface area contributed by atoms with Gasteiger partial charge in [0.25, 0.3) is 5.91 Å². The van der Waals surface area contributed by atoms with Gasteiger partial charge in [-0.3, -0.25) is 9.59 Å². The van der Waals surface area contributed by atoms with Crippen LogP contribution in [0.15, 0.2) is 18.2 Å². The summed E-state index contributed by atoms with van der Waals surface area (Å²) in [5.74, 6) is -1.83. The summed E-state index contributed by atoms with van der Waals surface area (Å²) in [6.07, 6.45) is 0. The fourth-order valence-corrected chi connectivity index (χ4v) is 1.34. The van der Waals surface area contributed by atoms with Crippen molar-refractivity contribution in [3.05, 3.63) is 23.8 Å². The van der Waals surface area contributed by atoms with Gasteiger partial charge in [-0.05, 0) is 12.1 Å². The van der Waals surface area contributed by atoms with Gasteiger partial charge in [0.2, 0.25) is 0 Å². The van der Waals surface area contributed by atoms with E-state index in [1.807, 2.05) is 0 Å². The predicted molar refractivity (Wildman–Crippen MR) is 59.3 cm³/mol. The molecule has 1 amide bonds. The van der Waals surface area contributed by atoms with E-state index in [-0.39, 0.29) is 17.1 Å². The number of aliphatic carboxylic acids is 1. The molecule has 92 valence electrons. The third-order valence-corrected chi connectivity index (χ3v) is 2.17. The van der Waals surface area contributed by atoms with Crippen LogP contribution in [0.5, 0.6) is 11.5 Å². The van der Waals surface area contributed by atoms with Gasteiger partial charge in [-0.1, -0.05) is 6.07 Å². The Labute approximate surface area is 98.0 Å². The number of para-hydroxylation sites is 1. The zero-order valence-corrected chi connectivity index (χ0v) is 9.51. The van der Waals surface area contributed by atoms with Crippen LogP contribution in [0.25, 0.3) is 0 Å². The quantitative estimate of drug-likeness (QED) is 0.801. The van der Waals surface area contributed by atoms with E-state index in [0.717, 1.165) is 4.90 Å². The molecule has 0 saturated carbocycles. The number of carbonyl (C=O) groups is 2. The maximum atomic E-state index is 11.8. The molecule has 1 rings (SSSR count). The lowest BCUT2D eigenvalue weighted by Crippen LogP contribution is -2.31. The van der Waals surface area contributed by atoms with Crippen LogP contribution < -0.4 is 4.74 Å². The highest BCUT2D eigenvalue weighted by Crippen LogP contribution is 2.29. The lowest BCUT2D eigenvalue weighted by Gasteiger charge is -2.16. The van der Waals surface area contributed by atoms with Crippen molar-refractivity contribution in [3.8, 4) is 11.5 Å². The molecule has 0 aliphatic rings. The highest BCUT2D eigenvalue weighted by Gasteiger charge is 2.19.